The van der Waals surface area contributed by atoms with Gasteiger partial charge in [-0.15, -0.1) is 0 Å². The Morgan fingerprint density at radius 1 is 1.40 bits per heavy atom. The van der Waals surface area contributed by atoms with Crippen molar-refractivity contribution in [3.8, 4) is 0 Å². The van der Waals surface area contributed by atoms with E-state index in [1.165, 1.54) is 12.0 Å². The van der Waals surface area contributed by atoms with Crippen LogP contribution in [-0.2, 0) is 9.53 Å². The summed E-state index contributed by atoms with van der Waals surface area (Å²) in [5, 5.41) is 0. The molecule has 0 aromatic heterocycles. The lowest BCUT2D eigenvalue weighted by Crippen LogP contribution is -2.14. The molecule has 0 bridgehead atoms. The van der Waals surface area contributed by atoms with E-state index in [0.29, 0.717) is 5.92 Å². The zero-order valence-corrected chi connectivity index (χ0v) is 10.3. The molecule has 1 rings (SSSR count). The van der Waals surface area contributed by atoms with Crippen molar-refractivity contribution in [1.29, 1.82) is 0 Å². The zero-order chi connectivity index (χ0) is 11.4. The molecule has 0 aliphatic carbocycles. The van der Waals surface area contributed by atoms with E-state index in [-0.39, 0.29) is 12.1 Å². The minimum atomic E-state index is -0.105. The predicted octanol–water partition coefficient (Wildman–Crippen LogP) is 3.46. The fourth-order valence-electron chi connectivity index (χ4n) is 2.00. The fourth-order valence-corrected chi connectivity index (χ4v) is 2.00. The number of carbonyl (C=O) groups is 1. The summed E-state index contributed by atoms with van der Waals surface area (Å²) in [4.78, 5) is 11.5. The van der Waals surface area contributed by atoms with Crippen molar-refractivity contribution in [2.45, 2.75) is 59.5 Å². The molecule has 86 valence electrons. The van der Waals surface area contributed by atoms with Crippen LogP contribution < -0.4 is 0 Å². The summed E-state index contributed by atoms with van der Waals surface area (Å²) < 4.78 is 5.38. The molecule has 1 aliphatic rings. The van der Waals surface area contributed by atoms with E-state index >= 15 is 0 Å². The van der Waals surface area contributed by atoms with Gasteiger partial charge in [-0.25, -0.2) is 4.79 Å². The second-order valence-corrected chi connectivity index (χ2v) is 4.78. The molecule has 2 heteroatoms. The third-order valence-electron chi connectivity index (χ3n) is 2.91. The number of rotatable bonds is 5. The van der Waals surface area contributed by atoms with Crippen LogP contribution in [0.4, 0.5) is 0 Å². The van der Waals surface area contributed by atoms with Crippen LogP contribution in [0.3, 0.4) is 0 Å². The number of esters is 1. The first-order valence-corrected chi connectivity index (χ1v) is 5.96. The molecule has 0 aromatic rings. The highest BCUT2D eigenvalue weighted by Gasteiger charge is 2.30. The monoisotopic (exact) mass is 210 g/mol. The first-order valence-electron chi connectivity index (χ1n) is 5.96. The van der Waals surface area contributed by atoms with Gasteiger partial charge in [-0.1, -0.05) is 27.2 Å². The topological polar surface area (TPSA) is 26.3 Å². The summed E-state index contributed by atoms with van der Waals surface area (Å²) in [6.07, 6.45) is 4.36. The Hall–Kier alpha value is -0.790. The maximum atomic E-state index is 11.5. The van der Waals surface area contributed by atoms with Crippen molar-refractivity contribution in [3.63, 3.8) is 0 Å². The Morgan fingerprint density at radius 2 is 2.07 bits per heavy atom. The van der Waals surface area contributed by atoms with Crippen LogP contribution in [0.15, 0.2) is 11.1 Å². The normalized spacial score (nSPS) is 21.4. The van der Waals surface area contributed by atoms with Crippen LogP contribution in [0, 0.1) is 5.92 Å². The smallest absolute Gasteiger partial charge is 0.334 e. The van der Waals surface area contributed by atoms with Gasteiger partial charge in [0, 0.05) is 5.57 Å². The van der Waals surface area contributed by atoms with Gasteiger partial charge in [0.2, 0.25) is 0 Å². The van der Waals surface area contributed by atoms with Crippen LogP contribution in [0.25, 0.3) is 0 Å². The summed E-state index contributed by atoms with van der Waals surface area (Å²) in [6, 6.07) is 0. The maximum Gasteiger partial charge on any atom is 0.334 e. The molecular formula is C13H22O2. The zero-order valence-electron chi connectivity index (χ0n) is 10.3. The first-order chi connectivity index (χ1) is 7.06. The first kappa shape index (κ1) is 12.3. The Kier molecular flexibility index (Phi) is 4.37. The van der Waals surface area contributed by atoms with E-state index in [1.807, 2.05) is 6.92 Å². The van der Waals surface area contributed by atoms with Crippen molar-refractivity contribution < 1.29 is 9.53 Å². The van der Waals surface area contributed by atoms with Gasteiger partial charge in [-0.05, 0) is 37.7 Å². The van der Waals surface area contributed by atoms with Crippen molar-refractivity contribution in [2.24, 2.45) is 5.92 Å². The van der Waals surface area contributed by atoms with Gasteiger partial charge < -0.3 is 4.74 Å². The predicted molar refractivity (Wildman–Crippen MR) is 61.6 cm³/mol. The number of unbranched alkanes of at least 4 members (excludes halogenated alkanes) is 1. The van der Waals surface area contributed by atoms with Crippen LogP contribution in [-0.4, -0.2) is 12.1 Å². The van der Waals surface area contributed by atoms with Crippen LogP contribution in [0.1, 0.15) is 53.4 Å². The summed E-state index contributed by atoms with van der Waals surface area (Å²) in [5.74, 6) is 0.470. The fraction of sp³-hybridized carbons (Fsp3) is 0.769. The van der Waals surface area contributed by atoms with Gasteiger partial charge >= 0.3 is 5.97 Å². The Labute approximate surface area is 92.7 Å². The van der Waals surface area contributed by atoms with Crippen LogP contribution >= 0.6 is 0 Å². The van der Waals surface area contributed by atoms with Crippen molar-refractivity contribution in [2.75, 3.05) is 0 Å². The number of cyclic esters (lactones) is 1. The summed E-state index contributed by atoms with van der Waals surface area (Å²) in [6.45, 7) is 8.40. The minimum Gasteiger partial charge on any atom is -0.454 e. The molecule has 0 fully saturated rings. The summed E-state index contributed by atoms with van der Waals surface area (Å²) in [5.41, 5.74) is 2.10. The van der Waals surface area contributed by atoms with E-state index in [0.717, 1.165) is 24.8 Å². The van der Waals surface area contributed by atoms with E-state index in [4.69, 9.17) is 4.74 Å². The van der Waals surface area contributed by atoms with Crippen LogP contribution in [0.5, 0.6) is 0 Å². The SMILES string of the molecule is CCCCC1=C(C)C(=O)OC1CC(C)C. The molecule has 0 saturated carbocycles. The summed E-state index contributed by atoms with van der Waals surface area (Å²) >= 11 is 0. The Bertz CT molecular complexity index is 264. The highest BCUT2D eigenvalue weighted by Crippen LogP contribution is 2.30. The van der Waals surface area contributed by atoms with Gasteiger partial charge in [0.25, 0.3) is 0 Å². The second kappa shape index (κ2) is 5.34. The average Bonchev–Trinajstić information content (AvgIpc) is 2.40. The van der Waals surface area contributed by atoms with E-state index in [9.17, 15) is 4.79 Å². The molecule has 1 unspecified atom stereocenters. The molecule has 0 amide bonds. The van der Waals surface area contributed by atoms with E-state index in [1.54, 1.807) is 0 Å². The molecule has 1 heterocycles. The number of carbonyl (C=O) groups excluding carboxylic acids is 1. The molecule has 0 spiro atoms. The van der Waals surface area contributed by atoms with Crippen molar-refractivity contribution in [1.82, 2.24) is 0 Å². The molecule has 0 saturated heterocycles. The van der Waals surface area contributed by atoms with Gasteiger partial charge in [0.05, 0.1) is 0 Å². The lowest BCUT2D eigenvalue weighted by atomic mass is 9.94. The van der Waals surface area contributed by atoms with Gasteiger partial charge in [0.15, 0.2) is 0 Å². The maximum absolute atomic E-state index is 11.5. The largest absolute Gasteiger partial charge is 0.454 e. The van der Waals surface area contributed by atoms with Crippen molar-refractivity contribution in [3.05, 3.63) is 11.1 Å². The lowest BCUT2D eigenvalue weighted by molar-refractivity contribution is -0.140. The molecule has 1 aliphatic heterocycles. The average molecular weight is 210 g/mol. The van der Waals surface area contributed by atoms with E-state index in [2.05, 4.69) is 20.8 Å². The minimum absolute atomic E-state index is 0.0593. The van der Waals surface area contributed by atoms with Gasteiger partial charge in [-0.3, -0.25) is 0 Å². The third kappa shape index (κ3) is 3.08. The van der Waals surface area contributed by atoms with Crippen LogP contribution in [0.2, 0.25) is 0 Å². The molecule has 1 atom stereocenters. The highest BCUT2D eigenvalue weighted by atomic mass is 16.5. The lowest BCUT2D eigenvalue weighted by Gasteiger charge is -2.16. The molecule has 0 radical (unpaired) electrons. The summed E-state index contributed by atoms with van der Waals surface area (Å²) in [7, 11) is 0. The van der Waals surface area contributed by atoms with E-state index < -0.39 is 0 Å². The number of hydrogen-bond acceptors (Lipinski definition) is 2. The van der Waals surface area contributed by atoms with Gasteiger partial charge in [0.1, 0.15) is 6.10 Å². The molecule has 0 N–H and O–H groups in total. The Balaban J connectivity index is 2.69. The highest BCUT2D eigenvalue weighted by molar-refractivity contribution is 5.91. The number of hydrogen-bond donors (Lipinski definition) is 0. The Morgan fingerprint density at radius 3 is 2.60 bits per heavy atom. The molecule has 15 heavy (non-hydrogen) atoms. The molecule has 2 nitrogen and oxygen atoms in total. The van der Waals surface area contributed by atoms with Gasteiger partial charge in [-0.2, -0.15) is 0 Å². The third-order valence-corrected chi connectivity index (χ3v) is 2.91. The second-order valence-electron chi connectivity index (χ2n) is 4.78. The van der Waals surface area contributed by atoms with Crippen molar-refractivity contribution >= 4 is 5.97 Å². The number of ether oxygens (including phenoxy) is 1. The quantitative estimate of drug-likeness (QED) is 0.649. The molecule has 0 aromatic carbocycles. The standard InChI is InChI=1S/C13H22O2/c1-5-6-7-11-10(4)13(14)15-12(11)8-9(2)3/h9,12H,5-8H2,1-4H3. The molecular weight excluding hydrogens is 188 g/mol.